The van der Waals surface area contributed by atoms with Crippen molar-refractivity contribution in [1.82, 2.24) is 5.16 Å². The molecule has 0 saturated carbocycles. The summed E-state index contributed by atoms with van der Waals surface area (Å²) in [6, 6.07) is 14.6. The van der Waals surface area contributed by atoms with E-state index in [-0.39, 0.29) is 12.5 Å². The minimum absolute atomic E-state index is 0.357. The molecule has 1 N–H and O–H groups in total. The predicted octanol–water partition coefficient (Wildman–Crippen LogP) is 5.10. The second-order valence-corrected chi connectivity index (χ2v) is 8.28. The van der Waals surface area contributed by atoms with Crippen LogP contribution < -0.4 is 5.32 Å². The zero-order chi connectivity index (χ0) is 21.5. The van der Waals surface area contributed by atoms with Gasteiger partial charge in [0.15, 0.2) is 6.61 Å². The van der Waals surface area contributed by atoms with Gasteiger partial charge in [0.05, 0.1) is 16.9 Å². The number of carbonyl (C=O) groups excluding carboxylic acids is 2. The summed E-state index contributed by atoms with van der Waals surface area (Å²) >= 11 is 3.03. The molecule has 0 aliphatic rings. The van der Waals surface area contributed by atoms with Crippen molar-refractivity contribution in [3.8, 4) is 0 Å². The number of nitrogens with zero attached hydrogens (tertiary/aromatic N) is 1. The van der Waals surface area contributed by atoms with Crippen LogP contribution in [0.5, 0.6) is 0 Å². The Kier molecular flexibility index (Phi) is 7.59. The van der Waals surface area contributed by atoms with E-state index in [0.29, 0.717) is 17.0 Å². The maximum Gasteiger partial charge on any atom is 0.339 e. The number of anilines is 1. The topological polar surface area (TPSA) is 81.4 Å². The summed E-state index contributed by atoms with van der Waals surface area (Å²) in [5, 5.41) is 6.74. The highest BCUT2D eigenvalue weighted by molar-refractivity contribution is 7.99. The Morgan fingerprint density at radius 1 is 1.07 bits per heavy atom. The molecular weight excluding hydrogens is 420 g/mol. The van der Waals surface area contributed by atoms with Gasteiger partial charge in [0.25, 0.3) is 5.91 Å². The summed E-state index contributed by atoms with van der Waals surface area (Å²) in [7, 11) is 0. The van der Waals surface area contributed by atoms with Crippen molar-refractivity contribution in [3.63, 3.8) is 0 Å². The number of thioether (sulfide) groups is 2. The fourth-order valence-electron chi connectivity index (χ4n) is 2.76. The summed E-state index contributed by atoms with van der Waals surface area (Å²) < 4.78 is 10.4. The third-order valence-electron chi connectivity index (χ3n) is 4.38. The predicted molar refractivity (Wildman–Crippen MR) is 119 cm³/mol. The van der Waals surface area contributed by atoms with Gasteiger partial charge in [-0.1, -0.05) is 29.4 Å². The molecule has 6 nitrogen and oxygen atoms in total. The maximum absolute atomic E-state index is 12.6. The summed E-state index contributed by atoms with van der Waals surface area (Å²) in [4.78, 5) is 26.5. The second-order valence-electron chi connectivity index (χ2n) is 6.41. The quantitative estimate of drug-likeness (QED) is 0.384. The molecule has 1 aromatic heterocycles. The smallest absolute Gasteiger partial charge is 0.339 e. The highest BCUT2D eigenvalue weighted by atomic mass is 32.2. The summed E-state index contributed by atoms with van der Waals surface area (Å²) in [6.07, 6.45) is 1.93. The fraction of sp³-hybridized carbons (Fsp3) is 0.227. The summed E-state index contributed by atoms with van der Waals surface area (Å²) in [5.74, 6) is 0.468. The molecule has 0 bridgehead atoms. The average molecular weight is 443 g/mol. The van der Waals surface area contributed by atoms with Crippen molar-refractivity contribution in [2.75, 3.05) is 18.2 Å². The molecule has 30 heavy (non-hydrogen) atoms. The Labute approximate surface area is 183 Å². The number of hydrogen-bond donors (Lipinski definition) is 1. The highest BCUT2D eigenvalue weighted by Gasteiger charge is 2.17. The first kappa shape index (κ1) is 22.0. The Morgan fingerprint density at radius 3 is 2.47 bits per heavy atom. The van der Waals surface area contributed by atoms with Crippen LogP contribution in [-0.2, 0) is 15.3 Å². The highest BCUT2D eigenvalue weighted by Crippen LogP contribution is 2.29. The van der Waals surface area contributed by atoms with Crippen LogP contribution in [0.2, 0.25) is 0 Å². The molecule has 8 heteroatoms. The zero-order valence-electron chi connectivity index (χ0n) is 16.9. The average Bonchev–Trinajstić information content (AvgIpc) is 3.08. The molecule has 3 aromatic rings. The van der Waals surface area contributed by atoms with Crippen molar-refractivity contribution in [2.45, 2.75) is 29.4 Å². The lowest BCUT2D eigenvalue weighted by Gasteiger charge is -2.11. The van der Waals surface area contributed by atoms with Crippen molar-refractivity contribution in [1.29, 1.82) is 0 Å². The molecule has 0 saturated heterocycles. The Hall–Kier alpha value is -2.71. The van der Waals surface area contributed by atoms with E-state index in [4.69, 9.17) is 9.26 Å². The van der Waals surface area contributed by atoms with Gasteiger partial charge < -0.3 is 14.6 Å². The molecule has 1 heterocycles. The SMILES string of the molecule is CSc1ccccc1NC(=O)COC(=O)c1ccccc1SCc1c(C)noc1C. The van der Waals surface area contributed by atoms with Crippen LogP contribution in [0.3, 0.4) is 0 Å². The van der Waals surface area contributed by atoms with Gasteiger partial charge in [0.2, 0.25) is 0 Å². The Balaban J connectivity index is 1.61. The van der Waals surface area contributed by atoms with Crippen molar-refractivity contribution in [3.05, 3.63) is 71.1 Å². The van der Waals surface area contributed by atoms with E-state index in [1.807, 2.05) is 56.5 Å². The number of aromatic nitrogens is 1. The monoisotopic (exact) mass is 442 g/mol. The minimum atomic E-state index is -0.537. The molecule has 3 rings (SSSR count). The lowest BCUT2D eigenvalue weighted by Crippen LogP contribution is -2.21. The van der Waals surface area contributed by atoms with E-state index in [0.717, 1.165) is 26.8 Å². The maximum atomic E-state index is 12.6. The number of nitrogens with one attached hydrogen (secondary N) is 1. The number of carbonyl (C=O) groups is 2. The molecule has 0 spiro atoms. The van der Waals surface area contributed by atoms with E-state index in [2.05, 4.69) is 10.5 Å². The van der Waals surface area contributed by atoms with E-state index < -0.39 is 5.97 Å². The third-order valence-corrected chi connectivity index (χ3v) is 6.27. The normalized spacial score (nSPS) is 10.6. The molecule has 0 atom stereocenters. The first-order chi connectivity index (χ1) is 14.5. The molecule has 0 unspecified atom stereocenters. The molecule has 0 aliphatic carbocycles. The van der Waals surface area contributed by atoms with Gasteiger partial charge in [-0.25, -0.2) is 4.79 Å². The number of para-hydroxylation sites is 1. The van der Waals surface area contributed by atoms with Crippen LogP contribution in [0.15, 0.2) is 62.8 Å². The van der Waals surface area contributed by atoms with Gasteiger partial charge in [0, 0.05) is 21.1 Å². The first-order valence-corrected chi connectivity index (χ1v) is 11.4. The van der Waals surface area contributed by atoms with Gasteiger partial charge in [0.1, 0.15) is 5.76 Å². The van der Waals surface area contributed by atoms with Gasteiger partial charge in [-0.2, -0.15) is 0 Å². The van der Waals surface area contributed by atoms with Crippen LogP contribution in [0.1, 0.15) is 27.4 Å². The number of amides is 1. The molecule has 2 aromatic carbocycles. The number of hydrogen-bond acceptors (Lipinski definition) is 7. The fourth-order valence-corrected chi connectivity index (χ4v) is 4.51. The van der Waals surface area contributed by atoms with Crippen molar-refractivity contribution in [2.24, 2.45) is 0 Å². The van der Waals surface area contributed by atoms with E-state index in [1.54, 1.807) is 12.1 Å². The van der Waals surface area contributed by atoms with Gasteiger partial charge in [-0.05, 0) is 44.4 Å². The first-order valence-electron chi connectivity index (χ1n) is 9.23. The van der Waals surface area contributed by atoms with E-state index in [1.165, 1.54) is 23.5 Å². The minimum Gasteiger partial charge on any atom is -0.452 e. The van der Waals surface area contributed by atoms with E-state index >= 15 is 0 Å². The lowest BCUT2D eigenvalue weighted by atomic mass is 10.2. The summed E-state index contributed by atoms with van der Waals surface area (Å²) in [5.41, 5.74) is 2.96. The van der Waals surface area contributed by atoms with Crippen LogP contribution in [0.4, 0.5) is 5.69 Å². The van der Waals surface area contributed by atoms with E-state index in [9.17, 15) is 9.59 Å². The number of rotatable bonds is 8. The molecule has 0 fully saturated rings. The van der Waals surface area contributed by atoms with Gasteiger partial charge >= 0.3 is 5.97 Å². The van der Waals surface area contributed by atoms with Gasteiger partial charge in [-0.15, -0.1) is 23.5 Å². The van der Waals surface area contributed by atoms with Crippen molar-refractivity contribution < 1.29 is 18.8 Å². The van der Waals surface area contributed by atoms with Gasteiger partial charge in [-0.3, -0.25) is 4.79 Å². The van der Waals surface area contributed by atoms with Crippen LogP contribution in [0.25, 0.3) is 0 Å². The third kappa shape index (κ3) is 5.46. The number of ether oxygens (including phenoxy) is 1. The largest absolute Gasteiger partial charge is 0.452 e. The number of aryl methyl sites for hydroxylation is 2. The molecule has 0 aliphatic heterocycles. The molecule has 0 radical (unpaired) electrons. The molecular formula is C22H22N2O4S2. The summed E-state index contributed by atoms with van der Waals surface area (Å²) in [6.45, 7) is 3.40. The number of benzene rings is 2. The van der Waals surface area contributed by atoms with Crippen LogP contribution in [-0.4, -0.2) is 29.9 Å². The van der Waals surface area contributed by atoms with Crippen molar-refractivity contribution >= 4 is 41.1 Å². The number of esters is 1. The standard InChI is InChI=1S/C22H22N2O4S2/c1-14-17(15(2)28-24-14)13-30-19-10-6-4-8-16(19)22(26)27-12-21(25)23-18-9-5-7-11-20(18)29-3/h4-11H,12-13H2,1-3H3,(H,23,25). The molecule has 156 valence electrons. The zero-order valence-corrected chi connectivity index (χ0v) is 18.6. The van der Waals surface area contributed by atoms with Crippen LogP contribution in [0, 0.1) is 13.8 Å². The lowest BCUT2D eigenvalue weighted by molar-refractivity contribution is -0.119. The Bertz CT molecular complexity index is 1030. The molecule has 1 amide bonds. The van der Waals surface area contributed by atoms with Crippen LogP contribution >= 0.6 is 23.5 Å². The Morgan fingerprint density at radius 2 is 1.77 bits per heavy atom. The second kappa shape index (κ2) is 10.4.